The van der Waals surface area contributed by atoms with Crippen molar-refractivity contribution in [3.63, 3.8) is 0 Å². The lowest BCUT2D eigenvalue weighted by Crippen LogP contribution is -2.22. The molecule has 1 aliphatic rings. The molecule has 0 unspecified atom stereocenters. The molecule has 0 bridgehead atoms. The molecule has 0 N–H and O–H groups in total. The van der Waals surface area contributed by atoms with E-state index in [1.165, 1.54) is 10.8 Å². The van der Waals surface area contributed by atoms with Gasteiger partial charge >= 0.3 is 0 Å². The number of hydrogen-bond donors (Lipinski definition) is 0. The molecule has 3 nitrogen and oxygen atoms in total. The van der Waals surface area contributed by atoms with Crippen LogP contribution in [0.15, 0.2) is 36.1 Å². The molecule has 0 saturated heterocycles. The Hall–Kier alpha value is -1.48. The Kier molecular flexibility index (Phi) is 2.92. The van der Waals surface area contributed by atoms with Gasteiger partial charge < -0.3 is 9.68 Å². The van der Waals surface area contributed by atoms with E-state index in [0.717, 1.165) is 17.9 Å². The first-order valence-corrected chi connectivity index (χ1v) is 5.17. The van der Waals surface area contributed by atoms with Crippen LogP contribution in [0.1, 0.15) is 18.9 Å². The molecular formula is C12H15NO2. The average Bonchev–Trinajstić information content (AvgIpc) is 2.69. The average molecular weight is 205 g/mol. The van der Waals surface area contributed by atoms with Gasteiger partial charge in [0.25, 0.3) is 0 Å². The zero-order valence-corrected chi connectivity index (χ0v) is 9.06. The van der Waals surface area contributed by atoms with Crippen molar-refractivity contribution in [2.75, 3.05) is 6.54 Å². The highest BCUT2D eigenvalue weighted by Crippen LogP contribution is 2.18. The fourth-order valence-corrected chi connectivity index (χ4v) is 1.36. The van der Waals surface area contributed by atoms with Crippen LogP contribution in [0.4, 0.5) is 0 Å². The Labute approximate surface area is 89.8 Å². The number of aryl methyl sites for hydroxylation is 1. The van der Waals surface area contributed by atoms with E-state index in [1.54, 1.807) is 0 Å². The predicted octanol–water partition coefficient (Wildman–Crippen LogP) is 2.83. The van der Waals surface area contributed by atoms with Gasteiger partial charge in [0.1, 0.15) is 5.76 Å². The van der Waals surface area contributed by atoms with Crippen LogP contribution in [0.3, 0.4) is 0 Å². The summed E-state index contributed by atoms with van der Waals surface area (Å²) in [6, 6.07) is 7.89. The summed E-state index contributed by atoms with van der Waals surface area (Å²) in [5, 5.41) is 1.49. The summed E-state index contributed by atoms with van der Waals surface area (Å²) in [5.41, 5.74) is 1.22. The van der Waals surface area contributed by atoms with Gasteiger partial charge in [-0.05, 0) is 25.1 Å². The van der Waals surface area contributed by atoms with Crippen molar-refractivity contribution >= 4 is 0 Å². The van der Waals surface area contributed by atoms with Crippen molar-refractivity contribution in [2.24, 2.45) is 0 Å². The standard InChI is InChI=1S/C12H15NO2/c1-3-11-8-9-13(14-11)15-12-6-4-10(2)5-7-12/h4-8H,3,9H2,1-2H3. The minimum Gasteiger partial charge on any atom is -0.376 e. The lowest BCUT2D eigenvalue weighted by molar-refractivity contribution is -0.275. The van der Waals surface area contributed by atoms with Crippen LogP contribution in [-0.4, -0.2) is 11.8 Å². The summed E-state index contributed by atoms with van der Waals surface area (Å²) in [6.07, 6.45) is 2.92. The van der Waals surface area contributed by atoms with Gasteiger partial charge in [-0.2, -0.15) is 0 Å². The van der Waals surface area contributed by atoms with Crippen LogP contribution in [0, 0.1) is 6.92 Å². The molecule has 1 heterocycles. The maximum atomic E-state index is 5.52. The highest BCUT2D eigenvalue weighted by atomic mass is 17.0. The van der Waals surface area contributed by atoms with Crippen molar-refractivity contribution in [3.05, 3.63) is 41.7 Å². The third-order valence-corrected chi connectivity index (χ3v) is 2.26. The SMILES string of the molecule is CCC1=CCN(Oc2ccc(C)cc2)O1. The predicted molar refractivity (Wildman–Crippen MR) is 58.0 cm³/mol. The number of nitrogens with zero attached hydrogens (tertiary/aromatic N) is 1. The Morgan fingerprint density at radius 2 is 2.07 bits per heavy atom. The highest BCUT2D eigenvalue weighted by Gasteiger charge is 2.15. The first-order valence-electron chi connectivity index (χ1n) is 5.17. The fourth-order valence-electron chi connectivity index (χ4n) is 1.36. The summed E-state index contributed by atoms with van der Waals surface area (Å²) in [7, 11) is 0. The first-order chi connectivity index (χ1) is 7.28. The first kappa shape index (κ1) is 10.1. The third-order valence-electron chi connectivity index (χ3n) is 2.26. The van der Waals surface area contributed by atoms with E-state index in [-0.39, 0.29) is 0 Å². The molecule has 3 heteroatoms. The Morgan fingerprint density at radius 1 is 1.33 bits per heavy atom. The molecule has 0 aromatic heterocycles. The number of allylic oxidation sites excluding steroid dienone is 1. The maximum Gasteiger partial charge on any atom is 0.151 e. The van der Waals surface area contributed by atoms with Gasteiger partial charge in [-0.15, -0.1) is 0 Å². The Bertz CT molecular complexity index is 356. The molecule has 0 radical (unpaired) electrons. The van der Waals surface area contributed by atoms with Crippen LogP contribution < -0.4 is 4.84 Å². The fraction of sp³-hybridized carbons (Fsp3) is 0.333. The van der Waals surface area contributed by atoms with E-state index < -0.39 is 0 Å². The minimum atomic E-state index is 0.678. The van der Waals surface area contributed by atoms with Gasteiger partial charge in [-0.1, -0.05) is 24.6 Å². The molecule has 0 fully saturated rings. The van der Waals surface area contributed by atoms with E-state index in [4.69, 9.17) is 9.68 Å². The van der Waals surface area contributed by atoms with Crippen LogP contribution in [0.25, 0.3) is 0 Å². The Morgan fingerprint density at radius 3 is 2.67 bits per heavy atom. The molecule has 0 aliphatic carbocycles. The van der Waals surface area contributed by atoms with E-state index >= 15 is 0 Å². The summed E-state index contributed by atoms with van der Waals surface area (Å²) < 4.78 is 0. The largest absolute Gasteiger partial charge is 0.376 e. The van der Waals surface area contributed by atoms with Crippen molar-refractivity contribution < 1.29 is 9.68 Å². The molecule has 1 aliphatic heterocycles. The van der Waals surface area contributed by atoms with Gasteiger partial charge in [-0.25, -0.2) is 0 Å². The van der Waals surface area contributed by atoms with E-state index in [2.05, 4.69) is 6.92 Å². The molecule has 2 rings (SSSR count). The molecule has 1 aromatic rings. The van der Waals surface area contributed by atoms with Crippen molar-refractivity contribution in [3.8, 4) is 5.75 Å². The normalized spacial score (nSPS) is 16.0. The second-order valence-corrected chi connectivity index (χ2v) is 3.53. The topological polar surface area (TPSA) is 21.7 Å². The second-order valence-electron chi connectivity index (χ2n) is 3.53. The van der Waals surface area contributed by atoms with Gasteiger partial charge in [0.2, 0.25) is 0 Å². The minimum absolute atomic E-state index is 0.678. The van der Waals surface area contributed by atoms with Crippen molar-refractivity contribution in [1.82, 2.24) is 5.23 Å². The van der Waals surface area contributed by atoms with Crippen LogP contribution in [0.2, 0.25) is 0 Å². The third kappa shape index (κ3) is 2.50. The van der Waals surface area contributed by atoms with E-state index in [1.807, 2.05) is 37.3 Å². The lowest BCUT2D eigenvalue weighted by atomic mass is 10.2. The highest BCUT2D eigenvalue weighted by molar-refractivity contribution is 5.26. The van der Waals surface area contributed by atoms with Gasteiger partial charge in [0.15, 0.2) is 5.75 Å². The molecule has 0 atom stereocenters. The molecule has 15 heavy (non-hydrogen) atoms. The molecule has 0 saturated carbocycles. The second kappa shape index (κ2) is 4.36. The number of benzene rings is 1. The molecule has 0 amide bonds. The molecule has 0 spiro atoms. The van der Waals surface area contributed by atoms with Gasteiger partial charge in [0, 0.05) is 11.6 Å². The van der Waals surface area contributed by atoms with Crippen LogP contribution in [0.5, 0.6) is 5.75 Å². The van der Waals surface area contributed by atoms with Crippen LogP contribution in [-0.2, 0) is 4.84 Å². The molecule has 80 valence electrons. The smallest absolute Gasteiger partial charge is 0.151 e. The van der Waals surface area contributed by atoms with E-state index in [0.29, 0.717) is 6.54 Å². The molecular weight excluding hydrogens is 190 g/mol. The summed E-state index contributed by atoms with van der Waals surface area (Å²) in [6.45, 7) is 4.78. The summed E-state index contributed by atoms with van der Waals surface area (Å²) in [5.74, 6) is 1.76. The monoisotopic (exact) mass is 205 g/mol. The number of hydroxylamine groups is 2. The summed E-state index contributed by atoms with van der Waals surface area (Å²) >= 11 is 0. The number of hydrogen-bond acceptors (Lipinski definition) is 3. The quantitative estimate of drug-likeness (QED) is 0.757. The Balaban J connectivity index is 1.91. The van der Waals surface area contributed by atoms with Crippen LogP contribution >= 0.6 is 0 Å². The van der Waals surface area contributed by atoms with Gasteiger partial charge in [0.05, 0.1) is 6.54 Å². The summed E-state index contributed by atoms with van der Waals surface area (Å²) in [4.78, 5) is 10.9. The molecule has 1 aromatic carbocycles. The lowest BCUT2D eigenvalue weighted by Gasteiger charge is -2.16. The van der Waals surface area contributed by atoms with Crippen molar-refractivity contribution in [1.29, 1.82) is 0 Å². The van der Waals surface area contributed by atoms with E-state index in [9.17, 15) is 0 Å². The maximum absolute atomic E-state index is 5.52. The van der Waals surface area contributed by atoms with Crippen molar-refractivity contribution in [2.45, 2.75) is 20.3 Å². The van der Waals surface area contributed by atoms with Gasteiger partial charge in [-0.3, -0.25) is 0 Å². The zero-order chi connectivity index (χ0) is 10.7. The zero-order valence-electron chi connectivity index (χ0n) is 9.06. The number of rotatable bonds is 3.